The van der Waals surface area contributed by atoms with E-state index in [1.807, 2.05) is 51.1 Å². The van der Waals surface area contributed by atoms with E-state index in [9.17, 15) is 9.59 Å². The Morgan fingerprint density at radius 3 is 2.47 bits per heavy atom. The summed E-state index contributed by atoms with van der Waals surface area (Å²) in [6.07, 6.45) is 0.579. The van der Waals surface area contributed by atoms with Crippen molar-refractivity contribution < 1.29 is 9.59 Å². The molecule has 1 unspecified atom stereocenters. The highest BCUT2D eigenvalue weighted by atomic mass is 16.2. The monoisotopic (exact) mass is 260 g/mol. The maximum atomic E-state index is 12.3. The smallest absolute Gasteiger partial charge is 0.239 e. The quantitative estimate of drug-likeness (QED) is 0.826. The van der Waals surface area contributed by atoms with Gasteiger partial charge in [0.2, 0.25) is 11.8 Å². The van der Waals surface area contributed by atoms with E-state index in [1.54, 1.807) is 4.90 Å². The number of hydrogen-bond acceptors (Lipinski definition) is 2. The van der Waals surface area contributed by atoms with Crippen molar-refractivity contribution >= 4 is 17.5 Å². The van der Waals surface area contributed by atoms with Crippen LogP contribution in [0.1, 0.15) is 27.2 Å². The maximum Gasteiger partial charge on any atom is 0.239 e. The van der Waals surface area contributed by atoms with Crippen molar-refractivity contribution in [1.82, 2.24) is 5.32 Å². The number of nitrogens with zero attached hydrogens (tertiary/aromatic N) is 1. The van der Waals surface area contributed by atoms with Crippen LogP contribution in [0.3, 0.4) is 0 Å². The zero-order valence-corrected chi connectivity index (χ0v) is 11.6. The lowest BCUT2D eigenvalue weighted by molar-refractivity contribution is -0.133. The van der Waals surface area contributed by atoms with Crippen LogP contribution in [0.5, 0.6) is 0 Å². The lowest BCUT2D eigenvalue weighted by Crippen LogP contribution is -2.45. The van der Waals surface area contributed by atoms with E-state index in [-0.39, 0.29) is 17.4 Å². The Morgan fingerprint density at radius 2 is 1.89 bits per heavy atom. The molecule has 2 rings (SSSR count). The van der Waals surface area contributed by atoms with Crippen molar-refractivity contribution in [3.05, 3.63) is 30.3 Å². The van der Waals surface area contributed by atoms with Gasteiger partial charge in [-0.15, -0.1) is 0 Å². The summed E-state index contributed by atoms with van der Waals surface area (Å²) in [5.74, 6) is -0.830. The minimum absolute atomic E-state index is 0.104. The molecule has 1 aromatic rings. The zero-order chi connectivity index (χ0) is 14.0. The minimum Gasteiger partial charge on any atom is -0.351 e. The molecular formula is C15H20N2O2. The predicted octanol–water partition coefficient (Wildman–Crippen LogP) is 1.95. The molecule has 1 aliphatic rings. The molecule has 0 spiro atoms. The molecule has 1 atom stereocenters. The molecule has 1 N–H and O–H groups in total. The van der Waals surface area contributed by atoms with E-state index < -0.39 is 5.92 Å². The number of para-hydroxylation sites is 1. The fourth-order valence-electron chi connectivity index (χ4n) is 2.24. The second-order valence-corrected chi connectivity index (χ2v) is 5.91. The van der Waals surface area contributed by atoms with Gasteiger partial charge < -0.3 is 10.2 Å². The number of rotatable bonds is 2. The Labute approximate surface area is 113 Å². The maximum absolute atomic E-state index is 12.3. The van der Waals surface area contributed by atoms with E-state index >= 15 is 0 Å². The van der Waals surface area contributed by atoms with Crippen molar-refractivity contribution in [3.8, 4) is 0 Å². The molecule has 4 nitrogen and oxygen atoms in total. The van der Waals surface area contributed by atoms with Gasteiger partial charge in [-0.3, -0.25) is 9.59 Å². The summed E-state index contributed by atoms with van der Waals surface area (Å²) in [7, 11) is 0. The average molecular weight is 260 g/mol. The van der Waals surface area contributed by atoms with Gasteiger partial charge in [0.05, 0.1) is 0 Å². The van der Waals surface area contributed by atoms with Crippen molar-refractivity contribution in [1.29, 1.82) is 0 Å². The molecular weight excluding hydrogens is 240 g/mol. The SMILES string of the molecule is CC(C)(C)NC(=O)C1CCN(c2ccccc2)C1=O. The molecule has 0 aliphatic carbocycles. The first-order valence-electron chi connectivity index (χ1n) is 6.57. The fourth-order valence-corrected chi connectivity index (χ4v) is 2.24. The topological polar surface area (TPSA) is 49.4 Å². The van der Waals surface area contributed by atoms with E-state index in [4.69, 9.17) is 0 Å². The second-order valence-electron chi connectivity index (χ2n) is 5.91. The molecule has 0 aromatic heterocycles. The first kappa shape index (κ1) is 13.6. The molecule has 1 saturated heterocycles. The molecule has 0 saturated carbocycles. The first-order chi connectivity index (χ1) is 8.88. The van der Waals surface area contributed by atoms with Crippen LogP contribution in [0, 0.1) is 5.92 Å². The van der Waals surface area contributed by atoms with Crippen LogP contribution >= 0.6 is 0 Å². The number of anilines is 1. The van der Waals surface area contributed by atoms with Crippen LogP contribution in [0.25, 0.3) is 0 Å². The summed E-state index contributed by atoms with van der Waals surface area (Å²) in [5.41, 5.74) is 0.552. The third-order valence-corrected chi connectivity index (χ3v) is 3.09. The van der Waals surface area contributed by atoms with Crippen molar-refractivity contribution in [3.63, 3.8) is 0 Å². The van der Waals surface area contributed by atoms with Crippen LogP contribution in [0.2, 0.25) is 0 Å². The molecule has 2 amide bonds. The van der Waals surface area contributed by atoms with Crippen LogP contribution < -0.4 is 10.2 Å². The van der Waals surface area contributed by atoms with Gasteiger partial charge in [-0.1, -0.05) is 18.2 Å². The van der Waals surface area contributed by atoms with E-state index in [2.05, 4.69) is 5.32 Å². The van der Waals surface area contributed by atoms with Crippen molar-refractivity contribution in [2.75, 3.05) is 11.4 Å². The molecule has 1 fully saturated rings. The summed E-state index contributed by atoms with van der Waals surface area (Å²) >= 11 is 0. The summed E-state index contributed by atoms with van der Waals surface area (Å²) in [6.45, 7) is 6.35. The van der Waals surface area contributed by atoms with Gasteiger partial charge in [0.1, 0.15) is 5.92 Å². The van der Waals surface area contributed by atoms with Gasteiger partial charge >= 0.3 is 0 Å². The summed E-state index contributed by atoms with van der Waals surface area (Å²) in [5, 5.41) is 2.88. The van der Waals surface area contributed by atoms with Crippen LogP contribution in [0.4, 0.5) is 5.69 Å². The predicted molar refractivity (Wildman–Crippen MR) is 74.8 cm³/mol. The molecule has 1 aliphatic heterocycles. The molecule has 102 valence electrons. The molecule has 0 radical (unpaired) electrons. The standard InChI is InChI=1S/C15H20N2O2/c1-15(2,3)16-13(18)12-9-10-17(14(12)19)11-7-5-4-6-8-11/h4-8,12H,9-10H2,1-3H3,(H,16,18). The summed E-state index contributed by atoms with van der Waals surface area (Å²) in [6, 6.07) is 9.48. The normalized spacial score (nSPS) is 19.6. The zero-order valence-electron chi connectivity index (χ0n) is 11.6. The second kappa shape index (κ2) is 5.03. The number of nitrogens with one attached hydrogen (secondary N) is 1. The Hall–Kier alpha value is -1.84. The van der Waals surface area contributed by atoms with E-state index in [1.165, 1.54) is 0 Å². The van der Waals surface area contributed by atoms with Crippen LogP contribution in [0.15, 0.2) is 30.3 Å². The number of amides is 2. The van der Waals surface area contributed by atoms with Gasteiger partial charge in [-0.2, -0.15) is 0 Å². The number of benzene rings is 1. The Kier molecular flexibility index (Phi) is 3.60. The van der Waals surface area contributed by atoms with Gasteiger partial charge in [-0.25, -0.2) is 0 Å². The molecule has 0 bridgehead atoms. The highest BCUT2D eigenvalue weighted by Crippen LogP contribution is 2.25. The Morgan fingerprint density at radius 1 is 1.26 bits per heavy atom. The highest BCUT2D eigenvalue weighted by molar-refractivity contribution is 6.09. The van der Waals surface area contributed by atoms with Gasteiger partial charge in [-0.05, 0) is 39.3 Å². The Balaban J connectivity index is 2.08. The number of hydrogen-bond donors (Lipinski definition) is 1. The minimum atomic E-state index is -0.556. The van der Waals surface area contributed by atoms with Gasteiger partial charge in [0, 0.05) is 17.8 Å². The fraction of sp³-hybridized carbons (Fsp3) is 0.467. The number of carbonyl (C=O) groups is 2. The highest BCUT2D eigenvalue weighted by Gasteiger charge is 2.38. The first-order valence-corrected chi connectivity index (χ1v) is 6.57. The summed E-state index contributed by atoms with van der Waals surface area (Å²) in [4.78, 5) is 26.1. The van der Waals surface area contributed by atoms with Gasteiger partial charge in [0.25, 0.3) is 0 Å². The Bertz CT molecular complexity index is 477. The van der Waals surface area contributed by atoms with Gasteiger partial charge in [0.15, 0.2) is 0 Å². The molecule has 19 heavy (non-hydrogen) atoms. The molecule has 1 aromatic carbocycles. The lowest BCUT2D eigenvalue weighted by atomic mass is 10.0. The average Bonchev–Trinajstić information content (AvgIpc) is 2.70. The third kappa shape index (κ3) is 3.13. The molecule has 4 heteroatoms. The van der Waals surface area contributed by atoms with Crippen LogP contribution in [-0.4, -0.2) is 23.9 Å². The van der Waals surface area contributed by atoms with Crippen LogP contribution in [-0.2, 0) is 9.59 Å². The molecule has 1 heterocycles. The lowest BCUT2D eigenvalue weighted by Gasteiger charge is -2.22. The van der Waals surface area contributed by atoms with Crippen molar-refractivity contribution in [2.45, 2.75) is 32.7 Å². The number of carbonyl (C=O) groups excluding carboxylic acids is 2. The van der Waals surface area contributed by atoms with Crippen molar-refractivity contribution in [2.24, 2.45) is 5.92 Å². The van der Waals surface area contributed by atoms with E-state index in [0.717, 1.165) is 5.69 Å². The largest absolute Gasteiger partial charge is 0.351 e. The van der Waals surface area contributed by atoms with E-state index in [0.29, 0.717) is 13.0 Å². The summed E-state index contributed by atoms with van der Waals surface area (Å²) < 4.78 is 0. The third-order valence-electron chi connectivity index (χ3n) is 3.09.